The third kappa shape index (κ3) is 4.55. The summed E-state index contributed by atoms with van der Waals surface area (Å²) >= 11 is 5.81. The van der Waals surface area contributed by atoms with Crippen molar-refractivity contribution in [1.29, 1.82) is 0 Å². The van der Waals surface area contributed by atoms with Crippen LogP contribution in [-0.4, -0.2) is 28.5 Å². The summed E-state index contributed by atoms with van der Waals surface area (Å²) in [5.74, 6) is 0.633. The molecule has 0 fully saturated rings. The summed E-state index contributed by atoms with van der Waals surface area (Å²) in [6, 6.07) is 6.45. The molecule has 0 amide bonds. The number of pyridine rings is 2. The second-order valence-electron chi connectivity index (χ2n) is 5.22. The highest BCUT2D eigenvalue weighted by atomic mass is 35.5. The first-order valence-corrected chi connectivity index (χ1v) is 7.97. The van der Waals surface area contributed by atoms with Crippen LogP contribution in [0.5, 0.6) is 5.88 Å². The lowest BCUT2D eigenvalue weighted by atomic mass is 10.2. The van der Waals surface area contributed by atoms with Crippen LogP contribution >= 0.6 is 11.6 Å². The molecule has 24 heavy (non-hydrogen) atoms. The third-order valence-electron chi connectivity index (χ3n) is 3.48. The van der Waals surface area contributed by atoms with Crippen LogP contribution in [0.1, 0.15) is 25.3 Å². The molecule has 2 rings (SSSR count). The highest BCUT2D eigenvalue weighted by Crippen LogP contribution is 2.30. The van der Waals surface area contributed by atoms with Gasteiger partial charge in [0.1, 0.15) is 5.15 Å². The van der Waals surface area contributed by atoms with Gasteiger partial charge in [-0.05, 0) is 18.1 Å². The minimum Gasteiger partial charge on any atom is -0.481 e. The zero-order chi connectivity index (χ0) is 17.5. The van der Waals surface area contributed by atoms with Gasteiger partial charge >= 0.3 is 5.69 Å². The van der Waals surface area contributed by atoms with Crippen molar-refractivity contribution >= 4 is 23.1 Å². The molecule has 2 aromatic heterocycles. The van der Waals surface area contributed by atoms with Gasteiger partial charge in [-0.3, -0.25) is 10.1 Å². The van der Waals surface area contributed by atoms with E-state index in [-0.39, 0.29) is 5.69 Å². The standard InChI is InChI=1S/C16H19ClN4O3/c1-3-4-9-20(11-12-5-7-14(17)18-10-12)16-13(21(22)23)6-8-15(19-16)24-2/h5-8,10H,3-4,9,11H2,1-2H3. The van der Waals surface area contributed by atoms with Gasteiger partial charge in [-0.15, -0.1) is 0 Å². The summed E-state index contributed by atoms with van der Waals surface area (Å²) in [6.07, 6.45) is 3.51. The van der Waals surface area contributed by atoms with E-state index in [1.54, 1.807) is 12.3 Å². The molecule has 0 bridgehead atoms. The Morgan fingerprint density at radius 1 is 1.33 bits per heavy atom. The summed E-state index contributed by atoms with van der Waals surface area (Å²) < 4.78 is 5.12. The molecule has 0 aliphatic heterocycles. The maximum absolute atomic E-state index is 11.4. The number of nitrogens with zero attached hydrogens (tertiary/aromatic N) is 4. The van der Waals surface area contributed by atoms with Gasteiger partial charge in [-0.25, -0.2) is 4.98 Å². The molecule has 8 heteroatoms. The molecule has 0 radical (unpaired) electrons. The Morgan fingerprint density at radius 3 is 2.71 bits per heavy atom. The SMILES string of the molecule is CCCCN(Cc1ccc(Cl)nc1)c1nc(OC)ccc1[N+](=O)[O-]. The van der Waals surface area contributed by atoms with Crippen LogP contribution in [0.4, 0.5) is 11.5 Å². The zero-order valence-corrected chi connectivity index (χ0v) is 14.4. The number of hydrogen-bond acceptors (Lipinski definition) is 6. The average molecular weight is 351 g/mol. The number of ether oxygens (including phenoxy) is 1. The Hall–Kier alpha value is -2.41. The van der Waals surface area contributed by atoms with Crippen molar-refractivity contribution in [3.05, 3.63) is 51.3 Å². The molecule has 128 valence electrons. The van der Waals surface area contributed by atoms with Crippen LogP contribution in [0.2, 0.25) is 5.15 Å². The fourth-order valence-corrected chi connectivity index (χ4v) is 2.35. The lowest BCUT2D eigenvalue weighted by Crippen LogP contribution is -2.26. The highest BCUT2D eigenvalue weighted by molar-refractivity contribution is 6.29. The number of rotatable bonds is 8. The molecular weight excluding hydrogens is 332 g/mol. The lowest BCUT2D eigenvalue weighted by molar-refractivity contribution is -0.384. The number of anilines is 1. The topological polar surface area (TPSA) is 81.4 Å². The Balaban J connectivity index is 2.38. The van der Waals surface area contributed by atoms with E-state index in [1.807, 2.05) is 11.0 Å². The van der Waals surface area contributed by atoms with Crippen LogP contribution in [0, 0.1) is 10.1 Å². The van der Waals surface area contributed by atoms with Gasteiger partial charge in [0.15, 0.2) is 0 Å². The fraction of sp³-hybridized carbons (Fsp3) is 0.375. The van der Waals surface area contributed by atoms with Crippen LogP contribution in [0.3, 0.4) is 0 Å². The average Bonchev–Trinajstić information content (AvgIpc) is 2.59. The maximum atomic E-state index is 11.4. The van der Waals surface area contributed by atoms with Crippen molar-refractivity contribution in [3.8, 4) is 5.88 Å². The van der Waals surface area contributed by atoms with Gasteiger partial charge in [0.25, 0.3) is 0 Å². The third-order valence-corrected chi connectivity index (χ3v) is 3.70. The zero-order valence-electron chi connectivity index (χ0n) is 13.6. The monoisotopic (exact) mass is 350 g/mol. The minimum atomic E-state index is -0.430. The van der Waals surface area contributed by atoms with E-state index in [0.717, 1.165) is 18.4 Å². The van der Waals surface area contributed by atoms with Crippen molar-refractivity contribution in [3.63, 3.8) is 0 Å². The molecule has 0 saturated carbocycles. The molecule has 0 aliphatic carbocycles. The van der Waals surface area contributed by atoms with E-state index >= 15 is 0 Å². The molecule has 0 spiro atoms. The van der Waals surface area contributed by atoms with Gasteiger partial charge < -0.3 is 9.64 Å². The minimum absolute atomic E-state index is 0.0474. The second kappa shape index (κ2) is 8.44. The van der Waals surface area contributed by atoms with Gasteiger partial charge in [-0.2, -0.15) is 4.98 Å². The first kappa shape index (κ1) is 17.9. The largest absolute Gasteiger partial charge is 0.481 e. The smallest absolute Gasteiger partial charge is 0.311 e. The molecule has 2 heterocycles. The van der Waals surface area contributed by atoms with Crippen LogP contribution in [-0.2, 0) is 6.54 Å². The van der Waals surface area contributed by atoms with E-state index in [1.165, 1.54) is 19.2 Å². The highest BCUT2D eigenvalue weighted by Gasteiger charge is 2.22. The van der Waals surface area contributed by atoms with E-state index in [0.29, 0.717) is 29.9 Å². The van der Waals surface area contributed by atoms with Crippen molar-refractivity contribution in [1.82, 2.24) is 9.97 Å². The Bertz CT molecular complexity index is 694. The first-order valence-electron chi connectivity index (χ1n) is 7.60. The van der Waals surface area contributed by atoms with Crippen molar-refractivity contribution in [2.45, 2.75) is 26.3 Å². The maximum Gasteiger partial charge on any atom is 0.311 e. The predicted molar refractivity (Wildman–Crippen MR) is 92.6 cm³/mol. The fourth-order valence-electron chi connectivity index (χ4n) is 2.24. The predicted octanol–water partition coefficient (Wildman–Crippen LogP) is 3.85. The second-order valence-corrected chi connectivity index (χ2v) is 5.60. The molecule has 0 saturated heterocycles. The molecule has 0 N–H and O–H groups in total. The lowest BCUT2D eigenvalue weighted by Gasteiger charge is -2.23. The van der Waals surface area contributed by atoms with Crippen molar-refractivity contribution < 1.29 is 9.66 Å². The van der Waals surface area contributed by atoms with Gasteiger partial charge in [0.2, 0.25) is 11.7 Å². The molecule has 0 aliphatic rings. The molecular formula is C16H19ClN4O3. The summed E-state index contributed by atoms with van der Waals surface area (Å²) in [4.78, 5) is 21.2. The van der Waals surface area contributed by atoms with Crippen molar-refractivity contribution in [2.24, 2.45) is 0 Å². The summed E-state index contributed by atoms with van der Waals surface area (Å²) in [7, 11) is 1.48. The van der Waals surface area contributed by atoms with Gasteiger partial charge in [-0.1, -0.05) is 31.0 Å². The quantitative estimate of drug-likeness (QED) is 0.408. The van der Waals surface area contributed by atoms with Crippen LogP contribution in [0.15, 0.2) is 30.5 Å². The van der Waals surface area contributed by atoms with Gasteiger partial charge in [0.05, 0.1) is 12.0 Å². The summed E-state index contributed by atoms with van der Waals surface area (Å²) in [5.41, 5.74) is 0.850. The number of methoxy groups -OCH3 is 1. The number of halogens is 1. The Kier molecular flexibility index (Phi) is 6.31. The number of nitro groups is 1. The van der Waals surface area contributed by atoms with E-state index < -0.39 is 4.92 Å². The summed E-state index contributed by atoms with van der Waals surface area (Å²) in [5, 5.41) is 11.8. The number of unbranched alkanes of at least 4 members (excludes halogenated alkanes) is 1. The van der Waals surface area contributed by atoms with E-state index in [4.69, 9.17) is 16.3 Å². The number of aromatic nitrogens is 2. The van der Waals surface area contributed by atoms with E-state index in [2.05, 4.69) is 16.9 Å². The van der Waals surface area contributed by atoms with E-state index in [9.17, 15) is 10.1 Å². The number of hydrogen-bond donors (Lipinski definition) is 0. The summed E-state index contributed by atoms with van der Waals surface area (Å²) in [6.45, 7) is 3.15. The van der Waals surface area contributed by atoms with Crippen LogP contribution < -0.4 is 9.64 Å². The van der Waals surface area contributed by atoms with Crippen LogP contribution in [0.25, 0.3) is 0 Å². The molecule has 0 atom stereocenters. The molecule has 0 unspecified atom stereocenters. The molecule has 2 aromatic rings. The normalized spacial score (nSPS) is 10.5. The molecule has 0 aromatic carbocycles. The molecule has 7 nitrogen and oxygen atoms in total. The van der Waals surface area contributed by atoms with Crippen molar-refractivity contribution in [2.75, 3.05) is 18.6 Å². The first-order chi connectivity index (χ1) is 11.5. The van der Waals surface area contributed by atoms with Gasteiger partial charge in [0, 0.05) is 31.4 Å². The Labute approximate surface area is 145 Å². The Morgan fingerprint density at radius 2 is 2.12 bits per heavy atom.